The summed E-state index contributed by atoms with van der Waals surface area (Å²) in [6, 6.07) is 15.9. The van der Waals surface area contributed by atoms with Gasteiger partial charge in [-0.15, -0.1) is 0 Å². The van der Waals surface area contributed by atoms with Crippen molar-refractivity contribution in [2.75, 3.05) is 6.61 Å². The molecule has 2 aliphatic carbocycles. The molecule has 7 nitrogen and oxygen atoms in total. The van der Waals surface area contributed by atoms with E-state index in [1.165, 1.54) is 13.8 Å². The fraction of sp³-hybridized carbons (Fsp3) is 0.320. The van der Waals surface area contributed by atoms with Gasteiger partial charge in [-0.05, 0) is 42.5 Å². The maximum atomic E-state index is 12.4. The Bertz CT molecular complexity index is 1050. The number of carbonyl (C=O) groups is 3. The van der Waals surface area contributed by atoms with E-state index < -0.39 is 23.5 Å². The van der Waals surface area contributed by atoms with Crippen molar-refractivity contribution < 1.29 is 24.2 Å². The first kappa shape index (κ1) is 21.6. The molecule has 4 rings (SSSR count). The van der Waals surface area contributed by atoms with Crippen molar-refractivity contribution in [2.24, 2.45) is 5.92 Å². The molecule has 0 radical (unpaired) electrons. The Morgan fingerprint density at radius 3 is 2.19 bits per heavy atom. The Morgan fingerprint density at radius 2 is 1.59 bits per heavy atom. The van der Waals surface area contributed by atoms with E-state index in [-0.39, 0.29) is 24.5 Å². The van der Waals surface area contributed by atoms with E-state index in [4.69, 9.17) is 9.84 Å². The molecule has 166 valence electrons. The van der Waals surface area contributed by atoms with Crippen molar-refractivity contribution in [3.8, 4) is 11.1 Å². The molecule has 2 aromatic carbocycles. The van der Waals surface area contributed by atoms with Gasteiger partial charge in [-0.1, -0.05) is 60.7 Å². The third-order valence-corrected chi connectivity index (χ3v) is 6.04. The van der Waals surface area contributed by atoms with Crippen LogP contribution in [0.3, 0.4) is 0 Å². The number of carboxylic acid groups (broad SMARTS) is 1. The first-order chi connectivity index (χ1) is 15.3. The minimum Gasteiger partial charge on any atom is -0.480 e. The van der Waals surface area contributed by atoms with Gasteiger partial charge in [0.1, 0.15) is 12.1 Å². The molecular weight excluding hydrogens is 408 g/mol. The van der Waals surface area contributed by atoms with Gasteiger partial charge in [-0.25, -0.2) is 9.59 Å². The lowest BCUT2D eigenvalue weighted by atomic mass is 9.98. The number of aliphatic carboxylic acids is 1. The second-order valence-electron chi connectivity index (χ2n) is 8.72. The van der Waals surface area contributed by atoms with Gasteiger partial charge in [-0.3, -0.25) is 4.79 Å². The predicted octanol–water partition coefficient (Wildman–Crippen LogP) is 3.45. The summed E-state index contributed by atoms with van der Waals surface area (Å²) >= 11 is 0. The second kappa shape index (κ2) is 8.49. The summed E-state index contributed by atoms with van der Waals surface area (Å²) in [5, 5.41) is 14.5. The normalized spacial score (nSPS) is 19.2. The Hall–Kier alpha value is -3.61. The summed E-state index contributed by atoms with van der Waals surface area (Å²) in [4.78, 5) is 36.0. The van der Waals surface area contributed by atoms with Gasteiger partial charge in [0.25, 0.3) is 0 Å². The van der Waals surface area contributed by atoms with Crippen LogP contribution in [0, 0.1) is 5.92 Å². The van der Waals surface area contributed by atoms with Gasteiger partial charge in [0, 0.05) is 5.92 Å². The van der Waals surface area contributed by atoms with Crippen LogP contribution in [-0.2, 0) is 14.3 Å². The van der Waals surface area contributed by atoms with Crippen LogP contribution in [0.4, 0.5) is 4.79 Å². The molecule has 0 bridgehead atoms. The maximum Gasteiger partial charge on any atom is 0.407 e. The summed E-state index contributed by atoms with van der Waals surface area (Å²) in [6.07, 6.45) is 3.22. The number of rotatable bonds is 6. The molecule has 32 heavy (non-hydrogen) atoms. The highest BCUT2D eigenvalue weighted by Gasteiger charge is 2.34. The summed E-state index contributed by atoms with van der Waals surface area (Å²) in [5.41, 5.74) is 3.24. The van der Waals surface area contributed by atoms with Crippen LogP contribution >= 0.6 is 0 Å². The molecule has 2 aliphatic rings. The zero-order valence-electron chi connectivity index (χ0n) is 18.0. The third kappa shape index (κ3) is 4.23. The van der Waals surface area contributed by atoms with Crippen LogP contribution in [0.2, 0.25) is 0 Å². The SMILES string of the molecule is CC(C)(NC(=O)C1C=CC(NC(=O)OCC2c3ccccc3-c3ccccc32)C1)C(=O)O. The van der Waals surface area contributed by atoms with Crippen LogP contribution in [0.25, 0.3) is 11.1 Å². The number of ether oxygens (including phenoxy) is 1. The Labute approximate surface area is 186 Å². The summed E-state index contributed by atoms with van der Waals surface area (Å²) in [7, 11) is 0. The molecule has 7 heteroatoms. The number of hydrogen-bond acceptors (Lipinski definition) is 4. The van der Waals surface area contributed by atoms with E-state index in [0.717, 1.165) is 22.3 Å². The standard InChI is InChI=1S/C25H26N2O5/c1-25(2,23(29)30)27-22(28)15-11-12-16(13-15)26-24(31)32-14-21-19-9-5-3-7-17(19)18-8-4-6-10-20(18)21/h3-12,15-16,21H,13-14H2,1-2H3,(H,26,31)(H,27,28)(H,29,30). The van der Waals surface area contributed by atoms with Gasteiger partial charge in [-0.2, -0.15) is 0 Å². The predicted molar refractivity (Wildman–Crippen MR) is 119 cm³/mol. The van der Waals surface area contributed by atoms with Crippen molar-refractivity contribution in [2.45, 2.75) is 37.8 Å². The maximum absolute atomic E-state index is 12.4. The van der Waals surface area contributed by atoms with Gasteiger partial charge in [0.15, 0.2) is 0 Å². The Morgan fingerprint density at radius 1 is 1.00 bits per heavy atom. The number of carboxylic acids is 1. The fourth-order valence-corrected chi connectivity index (χ4v) is 4.25. The quantitative estimate of drug-likeness (QED) is 0.604. The van der Waals surface area contributed by atoms with E-state index in [1.54, 1.807) is 12.2 Å². The van der Waals surface area contributed by atoms with Crippen LogP contribution in [0.15, 0.2) is 60.7 Å². The van der Waals surface area contributed by atoms with E-state index in [9.17, 15) is 14.4 Å². The molecule has 2 amide bonds. The molecule has 0 aromatic heterocycles. The van der Waals surface area contributed by atoms with Crippen LogP contribution in [-0.4, -0.2) is 41.3 Å². The van der Waals surface area contributed by atoms with E-state index in [1.807, 2.05) is 24.3 Å². The summed E-state index contributed by atoms with van der Waals surface area (Å²) in [6.45, 7) is 3.07. The van der Waals surface area contributed by atoms with E-state index in [0.29, 0.717) is 6.42 Å². The lowest BCUT2D eigenvalue weighted by Crippen LogP contribution is -2.51. The zero-order chi connectivity index (χ0) is 22.9. The lowest BCUT2D eigenvalue weighted by Gasteiger charge is -2.23. The molecule has 0 spiro atoms. The van der Waals surface area contributed by atoms with E-state index >= 15 is 0 Å². The number of amides is 2. The first-order valence-corrected chi connectivity index (χ1v) is 10.6. The van der Waals surface area contributed by atoms with Crippen LogP contribution < -0.4 is 10.6 Å². The topological polar surface area (TPSA) is 105 Å². The van der Waals surface area contributed by atoms with Gasteiger partial charge in [0.2, 0.25) is 5.91 Å². The summed E-state index contributed by atoms with van der Waals surface area (Å²) < 4.78 is 5.55. The average Bonchev–Trinajstić information content (AvgIpc) is 3.35. The van der Waals surface area contributed by atoms with Gasteiger partial charge in [0.05, 0.1) is 12.0 Å². The highest BCUT2D eigenvalue weighted by atomic mass is 16.5. The molecule has 3 N–H and O–H groups in total. The number of carbonyl (C=O) groups excluding carboxylic acids is 2. The smallest absolute Gasteiger partial charge is 0.407 e. The van der Waals surface area contributed by atoms with Crippen molar-refractivity contribution in [3.63, 3.8) is 0 Å². The van der Waals surface area contributed by atoms with Crippen molar-refractivity contribution >= 4 is 18.0 Å². The number of nitrogens with one attached hydrogen (secondary N) is 2. The molecule has 2 atom stereocenters. The molecule has 0 saturated carbocycles. The zero-order valence-corrected chi connectivity index (χ0v) is 18.0. The van der Waals surface area contributed by atoms with Crippen LogP contribution in [0.1, 0.15) is 37.3 Å². The third-order valence-electron chi connectivity index (χ3n) is 6.04. The highest BCUT2D eigenvalue weighted by Crippen LogP contribution is 2.44. The number of benzene rings is 2. The monoisotopic (exact) mass is 434 g/mol. The van der Waals surface area contributed by atoms with Crippen LogP contribution in [0.5, 0.6) is 0 Å². The first-order valence-electron chi connectivity index (χ1n) is 10.6. The molecule has 2 aromatic rings. The van der Waals surface area contributed by atoms with Crippen molar-refractivity contribution in [1.82, 2.24) is 10.6 Å². The number of fused-ring (bicyclic) bond motifs is 3. The largest absolute Gasteiger partial charge is 0.480 e. The second-order valence-corrected chi connectivity index (χ2v) is 8.72. The highest BCUT2D eigenvalue weighted by molar-refractivity contribution is 5.88. The average molecular weight is 434 g/mol. The molecular formula is C25H26N2O5. The van der Waals surface area contributed by atoms with Crippen molar-refractivity contribution in [1.29, 1.82) is 0 Å². The lowest BCUT2D eigenvalue weighted by molar-refractivity contribution is -0.146. The minimum absolute atomic E-state index is 0.0240. The molecule has 0 saturated heterocycles. The fourth-order valence-electron chi connectivity index (χ4n) is 4.25. The molecule has 0 heterocycles. The molecule has 0 fully saturated rings. The summed E-state index contributed by atoms with van der Waals surface area (Å²) in [5.74, 6) is -2.02. The van der Waals surface area contributed by atoms with Gasteiger partial charge < -0.3 is 20.5 Å². The van der Waals surface area contributed by atoms with Gasteiger partial charge >= 0.3 is 12.1 Å². The Kier molecular flexibility index (Phi) is 5.74. The van der Waals surface area contributed by atoms with Crippen molar-refractivity contribution in [3.05, 3.63) is 71.8 Å². The minimum atomic E-state index is -1.36. The van der Waals surface area contributed by atoms with E-state index in [2.05, 4.69) is 34.9 Å². The molecule has 0 aliphatic heterocycles. The number of hydrogen-bond donors (Lipinski definition) is 3. The Balaban J connectivity index is 1.32. The number of alkyl carbamates (subject to hydrolysis) is 1. The molecule has 2 unspecified atom stereocenters.